The van der Waals surface area contributed by atoms with Crippen molar-refractivity contribution in [3.05, 3.63) is 35.9 Å². The molecule has 2 fully saturated rings. The Morgan fingerprint density at radius 2 is 1.74 bits per heavy atom. The van der Waals surface area contributed by atoms with E-state index in [0.717, 1.165) is 31.5 Å². The minimum atomic E-state index is -0.935. The van der Waals surface area contributed by atoms with Crippen molar-refractivity contribution in [3.8, 4) is 0 Å². The lowest BCUT2D eigenvalue weighted by Gasteiger charge is -2.27. The molecule has 0 aromatic heterocycles. The van der Waals surface area contributed by atoms with Gasteiger partial charge in [0.1, 0.15) is 4.33 Å². The Bertz CT molecular complexity index is 468. The molecule has 1 saturated heterocycles. The first-order valence-electron chi connectivity index (χ1n) is 6.84. The van der Waals surface area contributed by atoms with Gasteiger partial charge < -0.3 is 4.90 Å². The quantitative estimate of drug-likeness (QED) is 0.764. The highest BCUT2D eigenvalue weighted by Crippen LogP contribution is 2.65. The van der Waals surface area contributed by atoms with Crippen molar-refractivity contribution < 1.29 is 4.79 Å². The van der Waals surface area contributed by atoms with Gasteiger partial charge in [-0.25, -0.2) is 0 Å². The maximum absolute atomic E-state index is 12.5. The van der Waals surface area contributed by atoms with Crippen molar-refractivity contribution in [3.63, 3.8) is 0 Å². The lowest BCUT2D eigenvalue weighted by atomic mass is 10.1. The Labute approximate surface area is 123 Å². The third-order valence-corrected chi connectivity index (χ3v) is 5.09. The van der Waals surface area contributed by atoms with Crippen LogP contribution in [0.4, 0.5) is 0 Å². The van der Waals surface area contributed by atoms with Crippen LogP contribution in [-0.4, -0.2) is 28.2 Å². The van der Waals surface area contributed by atoms with Crippen LogP contribution in [0.25, 0.3) is 0 Å². The van der Waals surface area contributed by atoms with Crippen LogP contribution < -0.4 is 0 Å². The summed E-state index contributed by atoms with van der Waals surface area (Å²) in [6.07, 6.45) is 3.39. The smallest absolute Gasteiger partial charge is 0.229 e. The average molecular weight is 298 g/mol. The van der Waals surface area contributed by atoms with Gasteiger partial charge in [-0.05, 0) is 24.8 Å². The number of piperidine rings is 1. The molecule has 0 N–H and O–H groups in total. The van der Waals surface area contributed by atoms with Crippen LogP contribution >= 0.6 is 23.2 Å². The lowest BCUT2D eigenvalue weighted by Crippen LogP contribution is -2.37. The minimum Gasteiger partial charge on any atom is -0.342 e. The molecule has 1 aromatic rings. The fourth-order valence-corrected chi connectivity index (χ4v) is 3.84. The molecule has 0 radical (unpaired) electrons. The Hall–Kier alpha value is -0.730. The second-order valence-corrected chi connectivity index (χ2v) is 6.87. The van der Waals surface area contributed by atoms with Crippen molar-refractivity contribution in [1.29, 1.82) is 0 Å². The molecule has 1 heterocycles. The van der Waals surface area contributed by atoms with E-state index in [2.05, 4.69) is 0 Å². The zero-order valence-corrected chi connectivity index (χ0v) is 12.2. The van der Waals surface area contributed by atoms with Crippen molar-refractivity contribution in [2.24, 2.45) is 5.92 Å². The molecule has 1 aliphatic carbocycles. The average Bonchev–Trinajstić information content (AvgIpc) is 3.02. The third-order valence-electron chi connectivity index (χ3n) is 4.15. The number of hydrogen-bond acceptors (Lipinski definition) is 1. The molecule has 1 aromatic carbocycles. The van der Waals surface area contributed by atoms with Crippen LogP contribution in [0.3, 0.4) is 0 Å². The topological polar surface area (TPSA) is 20.3 Å². The summed E-state index contributed by atoms with van der Waals surface area (Å²) in [5, 5.41) is 0. The molecule has 2 atom stereocenters. The zero-order valence-electron chi connectivity index (χ0n) is 10.7. The molecule has 0 bridgehead atoms. The number of hydrogen-bond donors (Lipinski definition) is 0. The van der Waals surface area contributed by atoms with Crippen molar-refractivity contribution in [2.75, 3.05) is 13.1 Å². The molecule has 102 valence electrons. The number of nitrogens with zero attached hydrogens (tertiary/aromatic N) is 1. The molecule has 19 heavy (non-hydrogen) atoms. The summed E-state index contributed by atoms with van der Waals surface area (Å²) in [5.41, 5.74) is 1.06. The molecule has 2 aliphatic rings. The van der Waals surface area contributed by atoms with E-state index in [-0.39, 0.29) is 17.7 Å². The summed E-state index contributed by atoms with van der Waals surface area (Å²) in [4.78, 5) is 14.4. The monoisotopic (exact) mass is 297 g/mol. The lowest BCUT2D eigenvalue weighted by molar-refractivity contribution is -0.133. The number of rotatable bonds is 2. The Morgan fingerprint density at radius 1 is 1.11 bits per heavy atom. The molecule has 0 unspecified atom stereocenters. The predicted molar refractivity (Wildman–Crippen MR) is 77.5 cm³/mol. The molecule has 3 rings (SSSR count). The van der Waals surface area contributed by atoms with E-state index in [0.29, 0.717) is 0 Å². The second-order valence-electron chi connectivity index (χ2n) is 5.43. The van der Waals surface area contributed by atoms with Crippen molar-refractivity contribution in [2.45, 2.75) is 29.5 Å². The molecule has 0 spiro atoms. The van der Waals surface area contributed by atoms with Gasteiger partial charge >= 0.3 is 0 Å². The van der Waals surface area contributed by atoms with Gasteiger partial charge in [0, 0.05) is 19.0 Å². The van der Waals surface area contributed by atoms with E-state index in [1.807, 2.05) is 35.2 Å². The summed E-state index contributed by atoms with van der Waals surface area (Å²) >= 11 is 12.7. The maximum Gasteiger partial charge on any atom is 0.229 e. The number of carbonyl (C=O) groups is 1. The number of benzene rings is 1. The van der Waals surface area contributed by atoms with Gasteiger partial charge in [0.05, 0.1) is 5.92 Å². The van der Waals surface area contributed by atoms with E-state index in [1.54, 1.807) is 0 Å². The molecule has 2 nitrogen and oxygen atoms in total. The van der Waals surface area contributed by atoms with Crippen LogP contribution in [0.15, 0.2) is 30.3 Å². The Morgan fingerprint density at radius 3 is 2.37 bits per heavy atom. The first-order chi connectivity index (χ1) is 9.12. The molecule has 1 aliphatic heterocycles. The van der Waals surface area contributed by atoms with Crippen LogP contribution in [-0.2, 0) is 4.79 Å². The van der Waals surface area contributed by atoms with Gasteiger partial charge in [-0.2, -0.15) is 0 Å². The van der Waals surface area contributed by atoms with E-state index in [1.165, 1.54) is 6.42 Å². The second kappa shape index (κ2) is 4.99. The van der Waals surface area contributed by atoms with Crippen LogP contribution in [0, 0.1) is 5.92 Å². The number of amides is 1. The highest BCUT2D eigenvalue weighted by molar-refractivity contribution is 6.53. The van der Waals surface area contributed by atoms with Gasteiger partial charge in [-0.3, -0.25) is 4.79 Å². The van der Waals surface area contributed by atoms with Gasteiger partial charge in [0.25, 0.3) is 0 Å². The van der Waals surface area contributed by atoms with E-state index in [4.69, 9.17) is 23.2 Å². The number of carbonyl (C=O) groups excluding carboxylic acids is 1. The van der Waals surface area contributed by atoms with E-state index >= 15 is 0 Å². The summed E-state index contributed by atoms with van der Waals surface area (Å²) in [5.74, 6) is -0.221. The summed E-state index contributed by atoms with van der Waals surface area (Å²) < 4.78 is -0.935. The summed E-state index contributed by atoms with van der Waals surface area (Å²) in [6.45, 7) is 1.70. The molecular formula is C15H17Cl2NO. The Kier molecular flexibility index (Phi) is 3.48. The Balaban J connectivity index is 1.76. The first-order valence-corrected chi connectivity index (χ1v) is 7.59. The van der Waals surface area contributed by atoms with E-state index in [9.17, 15) is 4.79 Å². The number of likely N-dealkylation sites (tertiary alicyclic amines) is 1. The fraction of sp³-hybridized carbons (Fsp3) is 0.533. The van der Waals surface area contributed by atoms with Crippen LogP contribution in [0.2, 0.25) is 0 Å². The van der Waals surface area contributed by atoms with Crippen molar-refractivity contribution >= 4 is 29.1 Å². The van der Waals surface area contributed by atoms with Gasteiger partial charge in [0.15, 0.2) is 0 Å². The SMILES string of the molecule is O=C([C@@H]1[C@H](c2ccccc2)C1(Cl)Cl)N1CCCCC1. The normalized spacial score (nSPS) is 29.1. The largest absolute Gasteiger partial charge is 0.342 e. The van der Waals surface area contributed by atoms with Crippen molar-refractivity contribution in [1.82, 2.24) is 4.90 Å². The van der Waals surface area contributed by atoms with Crippen LogP contribution in [0.5, 0.6) is 0 Å². The minimum absolute atomic E-state index is 0.0635. The van der Waals surface area contributed by atoms with Gasteiger partial charge in [-0.15, -0.1) is 23.2 Å². The summed E-state index contributed by atoms with van der Waals surface area (Å²) in [7, 11) is 0. The third kappa shape index (κ3) is 2.36. The highest BCUT2D eigenvalue weighted by Gasteiger charge is 2.68. The number of halogens is 2. The zero-order chi connectivity index (χ0) is 13.5. The van der Waals surface area contributed by atoms with Gasteiger partial charge in [-0.1, -0.05) is 30.3 Å². The molecule has 4 heteroatoms. The van der Waals surface area contributed by atoms with Gasteiger partial charge in [0.2, 0.25) is 5.91 Å². The summed E-state index contributed by atoms with van der Waals surface area (Å²) in [6, 6.07) is 9.86. The highest BCUT2D eigenvalue weighted by atomic mass is 35.5. The molecule has 1 saturated carbocycles. The van der Waals surface area contributed by atoms with E-state index < -0.39 is 4.33 Å². The first kappa shape index (κ1) is 13.3. The van der Waals surface area contributed by atoms with Crippen LogP contribution in [0.1, 0.15) is 30.7 Å². The number of alkyl halides is 2. The fourth-order valence-electron chi connectivity index (χ4n) is 3.02. The molecular weight excluding hydrogens is 281 g/mol. The molecule has 1 amide bonds. The maximum atomic E-state index is 12.5. The standard InChI is InChI=1S/C15H17Cl2NO/c16-15(17)12(11-7-3-1-4-8-11)13(15)14(19)18-9-5-2-6-10-18/h1,3-4,7-8,12-13H,2,5-6,9-10H2/t12-,13-/m0/s1. The predicted octanol–water partition coefficient (Wildman–Crippen LogP) is 3.59.